The molecular formula is C11H9ClO3. The fraction of sp³-hybridized carbons (Fsp3) is 0.0909. The molecule has 0 saturated heterocycles. The molecule has 15 heavy (non-hydrogen) atoms. The number of Topliss-reactive ketones (excluding diaryl/α,β-unsaturated/α-hetero) is 1. The minimum atomic E-state index is -1.13. The number of carbonyl (C=O) groups excluding carboxylic acids is 1. The van der Waals surface area contributed by atoms with Crippen molar-refractivity contribution in [2.24, 2.45) is 0 Å². The Hall–Kier alpha value is -1.61. The topological polar surface area (TPSA) is 54.4 Å². The molecule has 0 bridgehead atoms. The Morgan fingerprint density at radius 2 is 1.80 bits per heavy atom. The summed E-state index contributed by atoms with van der Waals surface area (Å²) in [5.74, 6) is -1.44. The highest BCUT2D eigenvalue weighted by atomic mass is 35.5. The minimum Gasteiger partial charge on any atom is -0.478 e. The maximum absolute atomic E-state index is 11.6. The molecule has 1 rings (SSSR count). The molecule has 78 valence electrons. The van der Waals surface area contributed by atoms with Crippen molar-refractivity contribution in [3.8, 4) is 0 Å². The molecule has 0 aliphatic rings. The number of carboxylic acids is 1. The third kappa shape index (κ3) is 3.22. The van der Waals surface area contributed by atoms with Crippen LogP contribution in [0.2, 0.25) is 5.02 Å². The van der Waals surface area contributed by atoms with E-state index in [2.05, 4.69) is 0 Å². The van der Waals surface area contributed by atoms with Crippen LogP contribution in [0.1, 0.15) is 17.3 Å². The molecule has 0 atom stereocenters. The molecule has 3 nitrogen and oxygen atoms in total. The van der Waals surface area contributed by atoms with Crippen LogP contribution >= 0.6 is 11.6 Å². The highest BCUT2D eigenvalue weighted by molar-refractivity contribution is 6.30. The number of ketones is 1. The van der Waals surface area contributed by atoms with Gasteiger partial charge in [0, 0.05) is 22.2 Å². The monoisotopic (exact) mass is 224 g/mol. The number of allylic oxidation sites excluding steroid dienone is 1. The molecule has 0 amide bonds. The molecule has 0 unspecified atom stereocenters. The van der Waals surface area contributed by atoms with E-state index in [9.17, 15) is 9.59 Å². The average Bonchev–Trinajstić information content (AvgIpc) is 2.17. The first-order valence-electron chi connectivity index (χ1n) is 4.22. The van der Waals surface area contributed by atoms with Crippen LogP contribution in [-0.4, -0.2) is 16.9 Å². The lowest BCUT2D eigenvalue weighted by molar-refractivity contribution is -0.131. The van der Waals surface area contributed by atoms with Gasteiger partial charge in [0.25, 0.3) is 0 Å². The highest BCUT2D eigenvalue weighted by Gasteiger charge is 2.08. The molecule has 0 fully saturated rings. The van der Waals surface area contributed by atoms with Gasteiger partial charge in [-0.15, -0.1) is 0 Å². The van der Waals surface area contributed by atoms with Crippen LogP contribution in [0.3, 0.4) is 0 Å². The van der Waals surface area contributed by atoms with Gasteiger partial charge in [-0.1, -0.05) is 11.6 Å². The predicted molar refractivity (Wildman–Crippen MR) is 57.2 cm³/mol. The Balaban J connectivity index is 2.95. The van der Waals surface area contributed by atoms with Gasteiger partial charge in [0.1, 0.15) is 0 Å². The van der Waals surface area contributed by atoms with Gasteiger partial charge in [-0.25, -0.2) is 4.79 Å². The van der Waals surface area contributed by atoms with Gasteiger partial charge >= 0.3 is 5.97 Å². The molecule has 1 aromatic rings. The van der Waals surface area contributed by atoms with E-state index in [4.69, 9.17) is 16.7 Å². The van der Waals surface area contributed by atoms with E-state index in [-0.39, 0.29) is 11.4 Å². The Kier molecular flexibility index (Phi) is 3.63. The smallest absolute Gasteiger partial charge is 0.328 e. The number of hydrogen-bond acceptors (Lipinski definition) is 2. The number of aliphatic carboxylic acids is 1. The maximum Gasteiger partial charge on any atom is 0.328 e. The Labute approximate surface area is 92.0 Å². The Bertz CT molecular complexity index is 418. The van der Waals surface area contributed by atoms with E-state index < -0.39 is 5.97 Å². The number of halogens is 1. The van der Waals surface area contributed by atoms with Gasteiger partial charge in [-0.3, -0.25) is 4.79 Å². The molecule has 1 N–H and O–H groups in total. The second-order valence-electron chi connectivity index (χ2n) is 3.00. The second kappa shape index (κ2) is 4.75. The molecule has 1 aromatic carbocycles. The van der Waals surface area contributed by atoms with Crippen molar-refractivity contribution in [3.05, 3.63) is 46.5 Å². The van der Waals surface area contributed by atoms with E-state index in [1.165, 1.54) is 6.92 Å². The minimum absolute atomic E-state index is 0.185. The number of benzene rings is 1. The van der Waals surface area contributed by atoms with Crippen LogP contribution in [0.4, 0.5) is 0 Å². The van der Waals surface area contributed by atoms with Crippen molar-refractivity contribution in [3.63, 3.8) is 0 Å². The van der Waals surface area contributed by atoms with Crippen molar-refractivity contribution in [2.45, 2.75) is 6.92 Å². The van der Waals surface area contributed by atoms with Crippen LogP contribution in [-0.2, 0) is 4.79 Å². The summed E-state index contributed by atoms with van der Waals surface area (Å²) in [6, 6.07) is 6.29. The van der Waals surface area contributed by atoms with Crippen LogP contribution in [0.15, 0.2) is 35.9 Å². The first kappa shape index (κ1) is 11.5. The van der Waals surface area contributed by atoms with E-state index in [0.717, 1.165) is 6.08 Å². The fourth-order valence-corrected chi connectivity index (χ4v) is 1.21. The van der Waals surface area contributed by atoms with Gasteiger partial charge in [-0.05, 0) is 31.2 Å². The van der Waals surface area contributed by atoms with Gasteiger partial charge in [0.05, 0.1) is 0 Å². The quantitative estimate of drug-likeness (QED) is 0.634. The summed E-state index contributed by atoms with van der Waals surface area (Å²) in [5.41, 5.74) is 0.610. The van der Waals surface area contributed by atoms with Crippen molar-refractivity contribution in [2.75, 3.05) is 0 Å². The van der Waals surface area contributed by atoms with E-state index in [1.807, 2.05) is 0 Å². The third-order valence-corrected chi connectivity index (χ3v) is 2.06. The lowest BCUT2D eigenvalue weighted by Gasteiger charge is -1.99. The zero-order valence-corrected chi connectivity index (χ0v) is 8.78. The predicted octanol–water partition coefficient (Wildman–Crippen LogP) is 2.55. The SMILES string of the molecule is C/C(=C/C(=O)O)C(=O)c1ccc(Cl)cc1. The summed E-state index contributed by atoms with van der Waals surface area (Å²) in [4.78, 5) is 22.0. The fourth-order valence-electron chi connectivity index (χ4n) is 1.08. The molecule has 4 heteroatoms. The zero-order valence-electron chi connectivity index (χ0n) is 8.03. The normalized spacial score (nSPS) is 11.2. The molecule has 0 radical (unpaired) electrons. The lowest BCUT2D eigenvalue weighted by atomic mass is 10.0. The maximum atomic E-state index is 11.6. The zero-order chi connectivity index (χ0) is 11.4. The van der Waals surface area contributed by atoms with Crippen molar-refractivity contribution in [1.29, 1.82) is 0 Å². The molecule has 0 aliphatic heterocycles. The molecule has 0 aromatic heterocycles. The lowest BCUT2D eigenvalue weighted by Crippen LogP contribution is -2.02. The van der Waals surface area contributed by atoms with Crippen molar-refractivity contribution in [1.82, 2.24) is 0 Å². The standard InChI is InChI=1S/C11H9ClO3/c1-7(6-10(13)14)11(15)8-2-4-9(12)5-3-8/h2-6H,1H3,(H,13,14)/b7-6-. The summed E-state index contributed by atoms with van der Waals surface area (Å²) in [5, 5.41) is 9.01. The summed E-state index contributed by atoms with van der Waals surface area (Å²) >= 11 is 5.66. The van der Waals surface area contributed by atoms with E-state index in [1.54, 1.807) is 24.3 Å². The van der Waals surface area contributed by atoms with Crippen molar-refractivity contribution >= 4 is 23.4 Å². The number of carboxylic acid groups (broad SMARTS) is 1. The van der Waals surface area contributed by atoms with E-state index in [0.29, 0.717) is 10.6 Å². The van der Waals surface area contributed by atoms with Gasteiger partial charge < -0.3 is 5.11 Å². The largest absolute Gasteiger partial charge is 0.478 e. The van der Waals surface area contributed by atoms with Gasteiger partial charge in [0.2, 0.25) is 0 Å². The van der Waals surface area contributed by atoms with Gasteiger partial charge in [0.15, 0.2) is 5.78 Å². The van der Waals surface area contributed by atoms with E-state index >= 15 is 0 Å². The molecule has 0 saturated carbocycles. The Morgan fingerprint density at radius 1 is 1.27 bits per heavy atom. The Morgan fingerprint density at radius 3 is 2.27 bits per heavy atom. The summed E-state index contributed by atoms with van der Waals surface area (Å²) in [7, 11) is 0. The molecule has 0 aliphatic carbocycles. The molecular weight excluding hydrogens is 216 g/mol. The third-order valence-electron chi connectivity index (χ3n) is 1.80. The summed E-state index contributed by atoms with van der Waals surface area (Å²) < 4.78 is 0. The summed E-state index contributed by atoms with van der Waals surface area (Å²) in [6.07, 6.45) is 0.886. The van der Waals surface area contributed by atoms with Gasteiger partial charge in [-0.2, -0.15) is 0 Å². The number of carbonyl (C=O) groups is 2. The summed E-state index contributed by atoms with van der Waals surface area (Å²) in [6.45, 7) is 1.46. The molecule has 0 heterocycles. The number of rotatable bonds is 3. The second-order valence-corrected chi connectivity index (χ2v) is 3.44. The van der Waals surface area contributed by atoms with Crippen LogP contribution in [0.5, 0.6) is 0 Å². The number of hydrogen-bond donors (Lipinski definition) is 1. The highest BCUT2D eigenvalue weighted by Crippen LogP contribution is 2.12. The first-order valence-corrected chi connectivity index (χ1v) is 4.60. The average molecular weight is 225 g/mol. The first-order chi connectivity index (χ1) is 7.00. The molecule has 0 spiro atoms. The van der Waals surface area contributed by atoms with Crippen LogP contribution < -0.4 is 0 Å². The van der Waals surface area contributed by atoms with Crippen LogP contribution in [0.25, 0.3) is 0 Å². The van der Waals surface area contributed by atoms with Crippen LogP contribution in [0, 0.1) is 0 Å². The van der Waals surface area contributed by atoms with Crippen molar-refractivity contribution < 1.29 is 14.7 Å².